The maximum atomic E-state index is 12.0. The molecule has 0 fully saturated rings. The van der Waals surface area contributed by atoms with Crippen LogP contribution >= 0.6 is 11.3 Å². The van der Waals surface area contributed by atoms with Crippen molar-refractivity contribution in [3.8, 4) is 0 Å². The first-order chi connectivity index (χ1) is 11.7. The molecule has 124 valence electrons. The highest BCUT2D eigenvalue weighted by Gasteiger charge is 2.05. The Morgan fingerprint density at radius 1 is 1.08 bits per heavy atom. The number of fused-ring (bicyclic) bond motifs is 1. The molecule has 0 aliphatic heterocycles. The molecule has 24 heavy (non-hydrogen) atoms. The van der Waals surface area contributed by atoms with Crippen molar-refractivity contribution in [1.29, 1.82) is 0 Å². The summed E-state index contributed by atoms with van der Waals surface area (Å²) < 4.78 is 1.24. The number of carbonyl (C=O) groups excluding carboxylic acids is 1. The maximum Gasteiger partial charge on any atom is 0.220 e. The number of nitrogens with zero attached hydrogens (tertiary/aromatic N) is 1. The van der Waals surface area contributed by atoms with E-state index in [9.17, 15) is 4.79 Å². The number of benzene rings is 2. The summed E-state index contributed by atoms with van der Waals surface area (Å²) in [5, 5.41) is 4.17. The normalized spacial score (nSPS) is 10.9. The van der Waals surface area contributed by atoms with Crippen LogP contribution in [0.25, 0.3) is 10.2 Å². The standard InChI is InChI=1S/C20H22N2OS/c1-15-8-2-3-9-16(15)14-21-19(23)12-6-7-13-20-22-17-10-4-5-11-18(17)24-20/h2-5,8-11H,6-7,12-14H2,1H3,(H,21,23). The van der Waals surface area contributed by atoms with Crippen molar-refractivity contribution in [1.82, 2.24) is 10.3 Å². The number of aryl methyl sites for hydroxylation is 2. The van der Waals surface area contributed by atoms with Crippen LogP contribution < -0.4 is 5.32 Å². The summed E-state index contributed by atoms with van der Waals surface area (Å²) in [6.45, 7) is 2.68. The summed E-state index contributed by atoms with van der Waals surface area (Å²) in [5.74, 6) is 0.127. The lowest BCUT2D eigenvalue weighted by atomic mass is 10.1. The average molecular weight is 338 g/mol. The number of hydrogen-bond acceptors (Lipinski definition) is 3. The van der Waals surface area contributed by atoms with Crippen LogP contribution in [0.1, 0.15) is 35.4 Å². The molecule has 4 heteroatoms. The Hall–Kier alpha value is -2.20. The molecule has 3 rings (SSSR count). The molecule has 0 bridgehead atoms. The SMILES string of the molecule is Cc1ccccc1CNC(=O)CCCCc1nc2ccccc2s1. The molecule has 1 aromatic heterocycles. The van der Waals surface area contributed by atoms with Gasteiger partial charge in [0.1, 0.15) is 0 Å². The number of hydrogen-bond donors (Lipinski definition) is 1. The second kappa shape index (κ2) is 8.06. The predicted octanol–water partition coefficient (Wildman–Crippen LogP) is 4.63. The van der Waals surface area contributed by atoms with Crippen molar-refractivity contribution < 1.29 is 4.79 Å². The molecule has 1 heterocycles. The minimum Gasteiger partial charge on any atom is -0.352 e. The fraction of sp³-hybridized carbons (Fsp3) is 0.300. The van der Waals surface area contributed by atoms with E-state index in [-0.39, 0.29) is 5.91 Å². The van der Waals surface area contributed by atoms with Crippen LogP contribution in [0.5, 0.6) is 0 Å². The third-order valence-electron chi connectivity index (χ3n) is 4.12. The zero-order valence-corrected chi connectivity index (χ0v) is 14.7. The fourth-order valence-electron chi connectivity index (χ4n) is 2.68. The quantitative estimate of drug-likeness (QED) is 0.638. The maximum absolute atomic E-state index is 12.0. The minimum absolute atomic E-state index is 0.127. The molecule has 0 atom stereocenters. The molecule has 0 unspecified atom stereocenters. The van der Waals surface area contributed by atoms with Gasteiger partial charge in [0.15, 0.2) is 0 Å². The molecule has 1 amide bonds. The highest BCUT2D eigenvalue weighted by molar-refractivity contribution is 7.18. The van der Waals surface area contributed by atoms with Gasteiger partial charge in [-0.25, -0.2) is 4.98 Å². The average Bonchev–Trinajstić information content (AvgIpc) is 3.01. The Morgan fingerprint density at radius 2 is 1.88 bits per heavy atom. The highest BCUT2D eigenvalue weighted by atomic mass is 32.1. The van der Waals surface area contributed by atoms with E-state index in [0.717, 1.165) is 29.8 Å². The third-order valence-corrected chi connectivity index (χ3v) is 5.22. The zero-order valence-electron chi connectivity index (χ0n) is 13.9. The molecule has 3 nitrogen and oxygen atoms in total. The van der Waals surface area contributed by atoms with Gasteiger partial charge < -0.3 is 5.32 Å². The predicted molar refractivity (Wildman–Crippen MR) is 100 cm³/mol. The molecule has 0 saturated heterocycles. The second-order valence-corrected chi connectivity index (χ2v) is 7.10. The first-order valence-corrected chi connectivity index (χ1v) is 9.19. The second-order valence-electron chi connectivity index (χ2n) is 5.99. The topological polar surface area (TPSA) is 42.0 Å². The number of thiazole rings is 1. The molecule has 0 saturated carbocycles. The Balaban J connectivity index is 1.38. The van der Waals surface area contributed by atoms with Crippen LogP contribution in [0.3, 0.4) is 0 Å². The lowest BCUT2D eigenvalue weighted by Crippen LogP contribution is -2.22. The summed E-state index contributed by atoms with van der Waals surface area (Å²) in [7, 11) is 0. The Kier molecular flexibility index (Phi) is 5.59. The van der Waals surface area contributed by atoms with Crippen LogP contribution in [0, 0.1) is 6.92 Å². The summed E-state index contributed by atoms with van der Waals surface area (Å²) in [4.78, 5) is 16.6. The Bertz CT molecular complexity index is 792. The van der Waals surface area contributed by atoms with Crippen molar-refractivity contribution in [2.45, 2.75) is 39.2 Å². The number of rotatable bonds is 7. The number of carbonyl (C=O) groups is 1. The molecular weight excluding hydrogens is 316 g/mol. The minimum atomic E-state index is 0.127. The largest absolute Gasteiger partial charge is 0.352 e. The molecule has 0 aliphatic carbocycles. The Morgan fingerprint density at radius 3 is 2.71 bits per heavy atom. The van der Waals surface area contributed by atoms with Crippen molar-refractivity contribution in [2.75, 3.05) is 0 Å². The van der Waals surface area contributed by atoms with Gasteiger partial charge in [0.25, 0.3) is 0 Å². The van der Waals surface area contributed by atoms with E-state index in [1.54, 1.807) is 11.3 Å². The molecule has 2 aromatic carbocycles. The number of amides is 1. The molecule has 3 aromatic rings. The summed E-state index contributed by atoms with van der Waals surface area (Å²) >= 11 is 1.75. The van der Waals surface area contributed by atoms with E-state index in [1.165, 1.54) is 15.8 Å². The number of para-hydroxylation sites is 1. The van der Waals surface area contributed by atoms with E-state index in [1.807, 2.05) is 30.3 Å². The highest BCUT2D eigenvalue weighted by Crippen LogP contribution is 2.22. The van der Waals surface area contributed by atoms with Gasteiger partial charge in [-0.15, -0.1) is 11.3 Å². The van der Waals surface area contributed by atoms with Crippen LogP contribution in [0.15, 0.2) is 48.5 Å². The monoisotopic (exact) mass is 338 g/mol. The van der Waals surface area contributed by atoms with Crippen molar-refractivity contribution >= 4 is 27.5 Å². The number of nitrogens with one attached hydrogen (secondary N) is 1. The van der Waals surface area contributed by atoms with Crippen LogP contribution in [-0.4, -0.2) is 10.9 Å². The number of unbranched alkanes of at least 4 members (excludes halogenated alkanes) is 1. The van der Waals surface area contributed by atoms with Crippen LogP contribution in [0.4, 0.5) is 0 Å². The Labute approximate surface area is 146 Å². The van der Waals surface area contributed by atoms with Crippen LogP contribution in [0.2, 0.25) is 0 Å². The van der Waals surface area contributed by atoms with Gasteiger partial charge in [0.05, 0.1) is 15.2 Å². The summed E-state index contributed by atoms with van der Waals surface area (Å²) in [5.41, 5.74) is 3.47. The van der Waals surface area contributed by atoms with Crippen molar-refractivity contribution in [2.24, 2.45) is 0 Å². The number of aromatic nitrogens is 1. The van der Waals surface area contributed by atoms with E-state index in [0.29, 0.717) is 13.0 Å². The van der Waals surface area contributed by atoms with Gasteiger partial charge in [0.2, 0.25) is 5.91 Å². The van der Waals surface area contributed by atoms with Crippen molar-refractivity contribution in [3.05, 3.63) is 64.7 Å². The molecule has 0 spiro atoms. The smallest absolute Gasteiger partial charge is 0.220 e. The third kappa shape index (κ3) is 4.42. The molecular formula is C20H22N2OS. The lowest BCUT2D eigenvalue weighted by Gasteiger charge is -2.07. The van der Waals surface area contributed by atoms with E-state index >= 15 is 0 Å². The van der Waals surface area contributed by atoms with Gasteiger partial charge >= 0.3 is 0 Å². The van der Waals surface area contributed by atoms with E-state index < -0.39 is 0 Å². The molecule has 0 aliphatic rings. The van der Waals surface area contributed by atoms with Gasteiger partial charge in [0, 0.05) is 13.0 Å². The van der Waals surface area contributed by atoms with E-state index in [4.69, 9.17) is 0 Å². The van der Waals surface area contributed by atoms with Crippen molar-refractivity contribution in [3.63, 3.8) is 0 Å². The van der Waals surface area contributed by atoms with Crippen LogP contribution in [-0.2, 0) is 17.8 Å². The first-order valence-electron chi connectivity index (χ1n) is 8.38. The van der Waals surface area contributed by atoms with Gasteiger partial charge in [-0.1, -0.05) is 36.4 Å². The van der Waals surface area contributed by atoms with Gasteiger partial charge in [-0.3, -0.25) is 4.79 Å². The summed E-state index contributed by atoms with van der Waals surface area (Å²) in [6, 6.07) is 16.4. The summed E-state index contributed by atoms with van der Waals surface area (Å²) in [6.07, 6.45) is 3.42. The van der Waals surface area contributed by atoms with Gasteiger partial charge in [-0.05, 0) is 49.4 Å². The van der Waals surface area contributed by atoms with Gasteiger partial charge in [-0.2, -0.15) is 0 Å². The molecule has 1 N–H and O–H groups in total. The zero-order chi connectivity index (χ0) is 16.8. The van der Waals surface area contributed by atoms with E-state index in [2.05, 4.69) is 35.4 Å². The molecule has 0 radical (unpaired) electrons. The fourth-order valence-corrected chi connectivity index (χ4v) is 3.69. The lowest BCUT2D eigenvalue weighted by molar-refractivity contribution is -0.121. The first kappa shape index (κ1) is 16.7.